The number of phenolic OH excluding ortho intramolecular Hbond substituents is 1. The Hall–Kier alpha value is -3.64. The van der Waals surface area contributed by atoms with Crippen molar-refractivity contribution in [2.75, 3.05) is 11.1 Å². The molecule has 2 unspecified atom stereocenters. The Balaban J connectivity index is 2.45. The van der Waals surface area contributed by atoms with Crippen LogP contribution in [0, 0.1) is 26.3 Å². The summed E-state index contributed by atoms with van der Waals surface area (Å²) in [5.41, 5.74) is 1.48. The van der Waals surface area contributed by atoms with Crippen LogP contribution in [0.4, 0.5) is 10.5 Å². The van der Waals surface area contributed by atoms with Gasteiger partial charge in [-0.2, -0.15) is 12.6 Å². The lowest BCUT2D eigenvalue weighted by atomic mass is 10.0. The number of alkyl carbamates (subject to hydrolysis) is 1. The van der Waals surface area contributed by atoms with E-state index in [1.165, 1.54) is 12.1 Å². The second-order valence-corrected chi connectivity index (χ2v) is 9.34. The number of hydrogen-bond donors (Lipinski definition) is 4. The average Bonchev–Trinajstić information content (AvgIpc) is 2.77. The number of thiol groups is 1. The van der Waals surface area contributed by atoms with Gasteiger partial charge in [-0.15, -0.1) is 0 Å². The molecule has 0 fully saturated rings. The number of terminal acetylenes is 1. The minimum atomic E-state index is -1.26. The van der Waals surface area contributed by atoms with Gasteiger partial charge in [-0.3, -0.25) is 14.5 Å². The first-order valence-electron chi connectivity index (χ1n) is 10.9. The van der Waals surface area contributed by atoms with E-state index in [0.29, 0.717) is 16.8 Å². The third-order valence-corrected chi connectivity index (χ3v) is 5.36. The molecule has 3 amide bonds. The summed E-state index contributed by atoms with van der Waals surface area (Å²) in [6.07, 6.45) is 4.91. The number of benzene rings is 2. The van der Waals surface area contributed by atoms with Gasteiger partial charge in [-0.05, 0) is 69.5 Å². The van der Waals surface area contributed by atoms with Gasteiger partial charge < -0.3 is 20.5 Å². The molecule has 2 aromatic rings. The molecule has 0 saturated carbocycles. The van der Waals surface area contributed by atoms with Crippen LogP contribution in [0.5, 0.6) is 5.75 Å². The van der Waals surface area contributed by atoms with Gasteiger partial charge in [0.2, 0.25) is 0 Å². The summed E-state index contributed by atoms with van der Waals surface area (Å²) in [6, 6.07) is 11.6. The highest BCUT2D eigenvalue weighted by molar-refractivity contribution is 7.80. The molecule has 0 heterocycles. The molecule has 2 aromatic carbocycles. The molecule has 3 N–H and O–H groups in total. The lowest BCUT2D eigenvalue weighted by Gasteiger charge is -2.30. The second-order valence-electron chi connectivity index (χ2n) is 8.97. The molecule has 0 spiro atoms. The summed E-state index contributed by atoms with van der Waals surface area (Å²) >= 11 is 4.19. The number of amides is 3. The molecule has 186 valence electrons. The van der Waals surface area contributed by atoms with E-state index in [1.807, 2.05) is 19.1 Å². The summed E-state index contributed by atoms with van der Waals surface area (Å²) in [4.78, 5) is 40.1. The van der Waals surface area contributed by atoms with Crippen LogP contribution in [0.3, 0.4) is 0 Å². The molecule has 0 saturated heterocycles. The molecule has 0 bridgehead atoms. The zero-order valence-electron chi connectivity index (χ0n) is 20.5. The fourth-order valence-corrected chi connectivity index (χ4v) is 3.50. The maximum atomic E-state index is 13.5. The van der Waals surface area contributed by atoms with Crippen molar-refractivity contribution in [1.82, 2.24) is 10.2 Å². The van der Waals surface area contributed by atoms with Gasteiger partial charge in [0, 0.05) is 17.5 Å². The van der Waals surface area contributed by atoms with E-state index in [0.717, 1.165) is 10.5 Å². The second kappa shape index (κ2) is 11.7. The van der Waals surface area contributed by atoms with E-state index in [4.69, 9.17) is 11.2 Å². The van der Waals surface area contributed by atoms with Crippen LogP contribution in [-0.2, 0) is 14.3 Å². The number of carbonyl (C=O) groups is 3. The van der Waals surface area contributed by atoms with Gasteiger partial charge >= 0.3 is 6.09 Å². The van der Waals surface area contributed by atoms with Crippen molar-refractivity contribution in [3.8, 4) is 18.2 Å². The van der Waals surface area contributed by atoms with Gasteiger partial charge in [0.25, 0.3) is 11.8 Å². The number of rotatable bonds is 7. The van der Waals surface area contributed by atoms with Crippen LogP contribution >= 0.6 is 12.6 Å². The van der Waals surface area contributed by atoms with Crippen molar-refractivity contribution in [2.24, 2.45) is 0 Å². The fourth-order valence-electron chi connectivity index (χ4n) is 3.25. The summed E-state index contributed by atoms with van der Waals surface area (Å²) in [7, 11) is 0. The van der Waals surface area contributed by atoms with E-state index < -0.39 is 35.6 Å². The Kier molecular flexibility index (Phi) is 9.20. The predicted molar refractivity (Wildman–Crippen MR) is 138 cm³/mol. The van der Waals surface area contributed by atoms with Crippen LogP contribution in [0.2, 0.25) is 0 Å². The Labute approximate surface area is 211 Å². The standard InChI is InChI=1S/C26H31N3O5S/c1-7-29(24(32)20(15-35)28-25(33)34-26(4,5)6)22(18-12-13-21(30)17(3)14-18)23(31)27-19-11-9-8-10-16(19)2/h1,8-14,20,22,30,35H,15H2,2-6H3,(H,27,31)(H,28,33). The number of aryl methyl sites for hydroxylation is 2. The Morgan fingerprint density at radius 3 is 2.34 bits per heavy atom. The minimum Gasteiger partial charge on any atom is -0.508 e. The number of ether oxygens (including phenoxy) is 1. The van der Waals surface area contributed by atoms with Crippen LogP contribution in [0.1, 0.15) is 43.5 Å². The van der Waals surface area contributed by atoms with E-state index in [9.17, 15) is 19.5 Å². The lowest BCUT2D eigenvalue weighted by molar-refractivity contribution is -0.136. The van der Waals surface area contributed by atoms with Gasteiger partial charge in [0.1, 0.15) is 23.4 Å². The highest BCUT2D eigenvalue weighted by Gasteiger charge is 2.36. The number of anilines is 1. The number of nitrogens with zero attached hydrogens (tertiary/aromatic N) is 1. The smallest absolute Gasteiger partial charge is 0.408 e. The molecule has 35 heavy (non-hydrogen) atoms. The largest absolute Gasteiger partial charge is 0.508 e. The van der Waals surface area contributed by atoms with Crippen molar-refractivity contribution < 1.29 is 24.2 Å². The molecule has 0 radical (unpaired) electrons. The van der Waals surface area contributed by atoms with Gasteiger partial charge in [-0.25, -0.2) is 4.79 Å². The SMILES string of the molecule is C#CN(C(=O)C(CS)NC(=O)OC(C)(C)C)C(C(=O)Nc1ccccc1C)c1ccc(O)c(C)c1. The Morgan fingerprint density at radius 1 is 1.14 bits per heavy atom. The molecule has 0 aromatic heterocycles. The Bertz CT molecular complexity index is 1140. The summed E-state index contributed by atoms with van der Waals surface area (Å²) in [5, 5.41) is 15.3. The van der Waals surface area contributed by atoms with Gasteiger partial charge in [0.15, 0.2) is 0 Å². The van der Waals surface area contributed by atoms with Crippen molar-refractivity contribution in [2.45, 2.75) is 52.3 Å². The van der Waals surface area contributed by atoms with Crippen molar-refractivity contribution in [1.29, 1.82) is 0 Å². The monoisotopic (exact) mass is 497 g/mol. The van der Waals surface area contributed by atoms with Crippen LogP contribution < -0.4 is 10.6 Å². The summed E-state index contributed by atoms with van der Waals surface area (Å²) < 4.78 is 5.23. The van der Waals surface area contributed by atoms with Crippen molar-refractivity contribution >= 4 is 36.2 Å². The number of hydrogen-bond acceptors (Lipinski definition) is 6. The maximum Gasteiger partial charge on any atom is 0.408 e. The Morgan fingerprint density at radius 2 is 1.80 bits per heavy atom. The van der Waals surface area contributed by atoms with Crippen LogP contribution in [0.15, 0.2) is 42.5 Å². The topological polar surface area (TPSA) is 108 Å². The van der Waals surface area contributed by atoms with Gasteiger partial charge in [-0.1, -0.05) is 30.7 Å². The van der Waals surface area contributed by atoms with Crippen molar-refractivity contribution in [3.05, 3.63) is 59.2 Å². The van der Waals surface area contributed by atoms with E-state index in [-0.39, 0.29) is 11.5 Å². The minimum absolute atomic E-state index is 0.0326. The molecular weight excluding hydrogens is 466 g/mol. The molecule has 0 aliphatic heterocycles. The number of nitrogens with one attached hydrogen (secondary N) is 2. The highest BCUT2D eigenvalue weighted by Crippen LogP contribution is 2.28. The quantitative estimate of drug-likeness (QED) is 0.263. The third kappa shape index (κ3) is 7.42. The number of aromatic hydroxyl groups is 1. The summed E-state index contributed by atoms with van der Waals surface area (Å²) in [5.74, 6) is -1.34. The summed E-state index contributed by atoms with van der Waals surface area (Å²) in [6.45, 7) is 8.57. The molecule has 0 aliphatic rings. The van der Waals surface area contributed by atoms with Crippen molar-refractivity contribution in [3.63, 3.8) is 0 Å². The molecule has 2 rings (SSSR count). The number of para-hydroxylation sites is 1. The fraction of sp³-hybridized carbons (Fsp3) is 0.346. The number of phenols is 1. The van der Waals surface area contributed by atoms with E-state index in [2.05, 4.69) is 29.3 Å². The average molecular weight is 498 g/mol. The molecule has 2 atom stereocenters. The molecule has 9 heteroatoms. The first-order valence-corrected chi connectivity index (χ1v) is 11.6. The first kappa shape index (κ1) is 27.6. The van der Waals surface area contributed by atoms with E-state index in [1.54, 1.807) is 45.9 Å². The van der Waals surface area contributed by atoms with Crippen LogP contribution in [-0.4, -0.2) is 45.3 Å². The zero-order valence-corrected chi connectivity index (χ0v) is 21.3. The molecule has 8 nitrogen and oxygen atoms in total. The normalized spacial score (nSPS) is 12.6. The molecular formula is C26H31N3O5S. The predicted octanol–water partition coefficient (Wildman–Crippen LogP) is 3.93. The lowest BCUT2D eigenvalue weighted by Crippen LogP contribution is -2.51. The zero-order chi connectivity index (χ0) is 26.3. The first-order chi connectivity index (χ1) is 16.4. The highest BCUT2D eigenvalue weighted by atomic mass is 32.1. The van der Waals surface area contributed by atoms with E-state index >= 15 is 0 Å². The van der Waals surface area contributed by atoms with Gasteiger partial charge in [0.05, 0.1) is 0 Å². The third-order valence-electron chi connectivity index (χ3n) is 4.99. The maximum absolute atomic E-state index is 13.5. The number of carbonyl (C=O) groups excluding carboxylic acids is 3. The van der Waals surface area contributed by atoms with Crippen LogP contribution in [0.25, 0.3) is 0 Å². The molecule has 0 aliphatic carbocycles.